The second-order valence-electron chi connectivity index (χ2n) is 6.85. The Morgan fingerprint density at radius 3 is 2.50 bits per heavy atom. The minimum Gasteiger partial charge on any atom is -0.497 e. The van der Waals surface area contributed by atoms with E-state index in [4.69, 9.17) is 23.9 Å². The van der Waals surface area contributed by atoms with Gasteiger partial charge in [-0.25, -0.2) is 9.97 Å². The molecule has 0 fully saturated rings. The molecule has 2 aromatic heterocycles. The van der Waals surface area contributed by atoms with Gasteiger partial charge in [-0.1, -0.05) is 0 Å². The third-order valence-corrected chi connectivity index (χ3v) is 5.83. The van der Waals surface area contributed by atoms with Crippen molar-refractivity contribution in [3.63, 3.8) is 0 Å². The fraction of sp³-hybridized carbons (Fsp3) is 0.429. The van der Waals surface area contributed by atoms with Gasteiger partial charge in [-0.2, -0.15) is 0 Å². The molecule has 3 aromatic rings. The van der Waals surface area contributed by atoms with E-state index in [2.05, 4.69) is 25.8 Å². The van der Waals surface area contributed by atoms with Crippen molar-refractivity contribution in [2.45, 2.75) is 40.3 Å². The molecule has 0 saturated carbocycles. The molecule has 0 aliphatic heterocycles. The Hall–Kier alpha value is -2.38. The lowest BCUT2D eigenvalue weighted by atomic mass is 10.2. The molecule has 0 spiro atoms. The first-order chi connectivity index (χ1) is 13.3. The van der Waals surface area contributed by atoms with Gasteiger partial charge in [-0.15, -0.1) is 11.3 Å². The summed E-state index contributed by atoms with van der Waals surface area (Å²) < 4.78 is 16.8. The van der Waals surface area contributed by atoms with Crippen molar-refractivity contribution in [1.29, 1.82) is 0 Å². The summed E-state index contributed by atoms with van der Waals surface area (Å²) in [6, 6.07) is 5.78. The van der Waals surface area contributed by atoms with E-state index >= 15 is 0 Å². The number of thiazole rings is 1. The molecule has 3 rings (SSSR count). The Morgan fingerprint density at radius 2 is 1.89 bits per heavy atom. The van der Waals surface area contributed by atoms with Crippen LogP contribution in [0.1, 0.15) is 40.0 Å². The maximum atomic E-state index is 5.97. The predicted octanol–water partition coefficient (Wildman–Crippen LogP) is 4.93. The van der Waals surface area contributed by atoms with Gasteiger partial charge in [0.15, 0.2) is 0 Å². The van der Waals surface area contributed by atoms with Gasteiger partial charge >= 0.3 is 0 Å². The molecule has 0 aliphatic rings. The summed E-state index contributed by atoms with van der Waals surface area (Å²) in [4.78, 5) is 12.9. The van der Waals surface area contributed by atoms with Gasteiger partial charge in [0.2, 0.25) is 5.89 Å². The van der Waals surface area contributed by atoms with Gasteiger partial charge in [-0.3, -0.25) is 4.90 Å². The van der Waals surface area contributed by atoms with Crippen molar-refractivity contribution in [1.82, 2.24) is 14.9 Å². The summed E-state index contributed by atoms with van der Waals surface area (Å²) in [5, 5.41) is 1.10. The van der Waals surface area contributed by atoms with Gasteiger partial charge in [0.1, 0.15) is 17.3 Å². The van der Waals surface area contributed by atoms with Crippen LogP contribution in [0.3, 0.4) is 0 Å². The molecule has 1 aromatic carbocycles. The number of hydrogen-bond acceptors (Lipinski definition) is 7. The van der Waals surface area contributed by atoms with Gasteiger partial charge in [0, 0.05) is 11.4 Å². The molecule has 2 heterocycles. The second-order valence-corrected chi connectivity index (χ2v) is 8.26. The van der Waals surface area contributed by atoms with Crippen LogP contribution in [-0.4, -0.2) is 36.1 Å². The summed E-state index contributed by atoms with van der Waals surface area (Å²) in [6.45, 7) is 8.94. The molecule has 150 valence electrons. The molecule has 1 unspecified atom stereocenters. The number of methoxy groups -OCH3 is 2. The van der Waals surface area contributed by atoms with Crippen molar-refractivity contribution in [2.24, 2.45) is 0 Å². The molecule has 0 aliphatic carbocycles. The van der Waals surface area contributed by atoms with Crippen LogP contribution < -0.4 is 9.47 Å². The largest absolute Gasteiger partial charge is 0.497 e. The quantitative estimate of drug-likeness (QED) is 0.559. The Balaban J connectivity index is 1.86. The molecule has 0 amide bonds. The number of hydrogen-bond donors (Lipinski definition) is 0. The highest BCUT2D eigenvalue weighted by molar-refractivity contribution is 7.11. The molecule has 0 N–H and O–H groups in total. The number of aromatic nitrogens is 2. The van der Waals surface area contributed by atoms with Crippen LogP contribution >= 0.6 is 11.3 Å². The molecule has 28 heavy (non-hydrogen) atoms. The van der Waals surface area contributed by atoms with E-state index in [1.807, 2.05) is 32.0 Å². The summed E-state index contributed by atoms with van der Waals surface area (Å²) in [6.07, 6.45) is 0. The van der Waals surface area contributed by atoms with E-state index in [9.17, 15) is 0 Å². The molecular formula is C21H27N3O3S. The standard InChI is InChI=1S/C21H27N3O3S/c1-12(20-14(3)28-15(4)22-20)24(5)11-18-13(2)27-21(23-18)17-10-16(25-6)8-9-19(17)26-7/h8-10,12H,11H2,1-7H3. The number of rotatable bonds is 7. The van der Waals surface area contributed by atoms with Crippen molar-refractivity contribution in [3.05, 3.63) is 45.2 Å². The monoisotopic (exact) mass is 401 g/mol. The summed E-state index contributed by atoms with van der Waals surface area (Å²) >= 11 is 1.74. The second kappa shape index (κ2) is 8.32. The summed E-state index contributed by atoms with van der Waals surface area (Å²) in [5.74, 6) is 2.76. The summed E-state index contributed by atoms with van der Waals surface area (Å²) in [5.41, 5.74) is 2.80. The number of ether oxygens (including phenoxy) is 2. The Bertz CT molecular complexity index is 964. The predicted molar refractivity (Wildman–Crippen MR) is 111 cm³/mol. The third-order valence-electron chi connectivity index (χ3n) is 4.93. The first kappa shape index (κ1) is 20.4. The van der Waals surface area contributed by atoms with Crippen LogP contribution in [0.2, 0.25) is 0 Å². The van der Waals surface area contributed by atoms with Crippen LogP contribution in [0.25, 0.3) is 11.5 Å². The topological polar surface area (TPSA) is 60.6 Å². The van der Waals surface area contributed by atoms with E-state index in [1.54, 1.807) is 25.6 Å². The summed E-state index contributed by atoms with van der Waals surface area (Å²) in [7, 11) is 5.35. The zero-order chi connectivity index (χ0) is 20.4. The lowest BCUT2D eigenvalue weighted by Gasteiger charge is -2.23. The Morgan fingerprint density at radius 1 is 1.14 bits per heavy atom. The first-order valence-corrected chi connectivity index (χ1v) is 9.98. The highest BCUT2D eigenvalue weighted by Gasteiger charge is 2.21. The van der Waals surface area contributed by atoms with Crippen molar-refractivity contribution in [3.8, 4) is 23.0 Å². The Kier molecular flexibility index (Phi) is 6.05. The van der Waals surface area contributed by atoms with Crippen LogP contribution in [0.15, 0.2) is 22.6 Å². The van der Waals surface area contributed by atoms with E-state index in [1.165, 1.54) is 4.88 Å². The molecule has 1 atom stereocenters. The third kappa shape index (κ3) is 4.05. The van der Waals surface area contributed by atoms with Crippen LogP contribution in [-0.2, 0) is 6.54 Å². The lowest BCUT2D eigenvalue weighted by molar-refractivity contribution is 0.245. The van der Waals surface area contributed by atoms with Gasteiger partial charge < -0.3 is 13.9 Å². The molecule has 0 bridgehead atoms. The highest BCUT2D eigenvalue weighted by atomic mass is 32.1. The average molecular weight is 402 g/mol. The van der Waals surface area contributed by atoms with E-state index in [0.29, 0.717) is 18.2 Å². The van der Waals surface area contributed by atoms with Crippen LogP contribution in [0, 0.1) is 20.8 Å². The van der Waals surface area contributed by atoms with Crippen LogP contribution in [0.5, 0.6) is 11.5 Å². The fourth-order valence-electron chi connectivity index (χ4n) is 3.19. The van der Waals surface area contributed by atoms with E-state index in [-0.39, 0.29) is 6.04 Å². The minimum atomic E-state index is 0.191. The van der Waals surface area contributed by atoms with E-state index in [0.717, 1.165) is 33.5 Å². The van der Waals surface area contributed by atoms with Gasteiger partial charge in [0.05, 0.1) is 42.2 Å². The average Bonchev–Trinajstić information content (AvgIpc) is 3.21. The number of nitrogens with zero attached hydrogens (tertiary/aromatic N) is 3. The number of benzene rings is 1. The maximum Gasteiger partial charge on any atom is 0.230 e. The van der Waals surface area contributed by atoms with E-state index < -0.39 is 0 Å². The zero-order valence-corrected chi connectivity index (χ0v) is 18.3. The number of aryl methyl sites for hydroxylation is 3. The minimum absolute atomic E-state index is 0.191. The SMILES string of the molecule is COc1ccc(OC)c(-c2nc(CN(C)C(C)c3nc(C)sc3C)c(C)o2)c1. The maximum absolute atomic E-state index is 5.97. The Labute approximate surface area is 170 Å². The zero-order valence-electron chi connectivity index (χ0n) is 17.5. The molecule has 0 radical (unpaired) electrons. The first-order valence-electron chi connectivity index (χ1n) is 9.16. The molecule has 6 nitrogen and oxygen atoms in total. The fourth-order valence-corrected chi connectivity index (χ4v) is 4.09. The van der Waals surface area contributed by atoms with Crippen molar-refractivity contribution in [2.75, 3.05) is 21.3 Å². The van der Waals surface area contributed by atoms with Crippen molar-refractivity contribution >= 4 is 11.3 Å². The van der Waals surface area contributed by atoms with Gasteiger partial charge in [0.25, 0.3) is 0 Å². The normalized spacial score (nSPS) is 12.4. The molecular weight excluding hydrogens is 374 g/mol. The number of oxazole rings is 1. The molecule has 7 heteroatoms. The smallest absolute Gasteiger partial charge is 0.230 e. The highest BCUT2D eigenvalue weighted by Crippen LogP contribution is 2.34. The van der Waals surface area contributed by atoms with Crippen LogP contribution in [0.4, 0.5) is 0 Å². The van der Waals surface area contributed by atoms with Crippen molar-refractivity contribution < 1.29 is 13.9 Å². The van der Waals surface area contributed by atoms with Gasteiger partial charge in [-0.05, 0) is 52.9 Å². The molecule has 0 saturated heterocycles. The lowest BCUT2D eigenvalue weighted by Crippen LogP contribution is -2.23.